The van der Waals surface area contributed by atoms with E-state index in [0.717, 1.165) is 30.0 Å². The third-order valence-electron chi connectivity index (χ3n) is 4.23. The van der Waals surface area contributed by atoms with E-state index >= 15 is 0 Å². The number of hydrogen-bond donors (Lipinski definition) is 0. The summed E-state index contributed by atoms with van der Waals surface area (Å²) in [5, 5.41) is 2.00. The summed E-state index contributed by atoms with van der Waals surface area (Å²) in [5.41, 5.74) is 0. The van der Waals surface area contributed by atoms with Gasteiger partial charge in [-0.2, -0.15) is 0 Å². The van der Waals surface area contributed by atoms with Gasteiger partial charge in [0, 0.05) is 40.5 Å². The highest BCUT2D eigenvalue weighted by molar-refractivity contribution is 7.19. The van der Waals surface area contributed by atoms with Crippen LogP contribution in [-0.4, -0.2) is 30.6 Å². The van der Waals surface area contributed by atoms with Crippen LogP contribution in [0.1, 0.15) is 4.88 Å². The molecule has 2 fully saturated rings. The predicted octanol–water partition coefficient (Wildman–Crippen LogP) is 3.16. The molecule has 3 nitrogen and oxygen atoms in total. The van der Waals surface area contributed by atoms with Crippen LogP contribution in [0.4, 0.5) is 0 Å². The molecule has 0 unspecified atom stereocenters. The molecule has 0 amide bonds. The molecular formula is C15H14ClNO2S. The van der Waals surface area contributed by atoms with Crippen LogP contribution in [0.15, 0.2) is 24.3 Å². The van der Waals surface area contributed by atoms with Gasteiger partial charge in [0.05, 0.1) is 17.5 Å². The summed E-state index contributed by atoms with van der Waals surface area (Å²) in [6.07, 6.45) is 0. The molecule has 2 aromatic rings. The van der Waals surface area contributed by atoms with Crippen molar-refractivity contribution < 1.29 is 9.53 Å². The number of hydrogen-bond acceptors (Lipinski definition) is 4. The lowest BCUT2D eigenvalue weighted by atomic mass is 10.0. The van der Waals surface area contributed by atoms with E-state index in [0.29, 0.717) is 12.5 Å². The number of nitrogens with zero attached hydrogens (tertiary/aromatic N) is 1. The summed E-state index contributed by atoms with van der Waals surface area (Å²) in [6.45, 7) is 3.15. The predicted molar refractivity (Wildman–Crippen MR) is 80.1 cm³/mol. The fraction of sp³-hybridized carbons (Fsp3) is 0.400. The van der Waals surface area contributed by atoms with E-state index in [1.807, 2.05) is 12.1 Å². The van der Waals surface area contributed by atoms with Gasteiger partial charge >= 0.3 is 5.97 Å². The van der Waals surface area contributed by atoms with Gasteiger partial charge < -0.3 is 4.74 Å². The minimum Gasteiger partial charge on any atom is -0.465 e. The van der Waals surface area contributed by atoms with Crippen LogP contribution >= 0.6 is 22.9 Å². The van der Waals surface area contributed by atoms with Crippen molar-refractivity contribution >= 4 is 39.0 Å². The second-order valence-electron chi connectivity index (χ2n) is 5.53. The molecule has 1 aromatic heterocycles. The molecule has 0 N–H and O–H groups in total. The molecule has 0 aliphatic carbocycles. The van der Waals surface area contributed by atoms with Crippen molar-refractivity contribution in [3.05, 3.63) is 34.2 Å². The number of carbonyl (C=O) groups excluding carboxylic acids is 1. The van der Waals surface area contributed by atoms with Gasteiger partial charge in [0.25, 0.3) is 0 Å². The Bertz CT molecular complexity index is 684. The van der Waals surface area contributed by atoms with E-state index in [9.17, 15) is 4.79 Å². The number of halogens is 1. The van der Waals surface area contributed by atoms with Crippen molar-refractivity contribution in [2.45, 2.75) is 6.54 Å². The van der Waals surface area contributed by atoms with Gasteiger partial charge in [-0.05, 0) is 6.07 Å². The summed E-state index contributed by atoms with van der Waals surface area (Å²) in [7, 11) is 0. The van der Waals surface area contributed by atoms with Gasteiger partial charge in [0.15, 0.2) is 0 Å². The largest absolute Gasteiger partial charge is 0.465 e. The topological polar surface area (TPSA) is 29.5 Å². The Morgan fingerprint density at radius 1 is 1.35 bits per heavy atom. The normalized spacial score (nSPS) is 26.1. The summed E-state index contributed by atoms with van der Waals surface area (Å²) in [4.78, 5) is 15.1. The lowest BCUT2D eigenvalue weighted by molar-refractivity contribution is -0.141. The Morgan fingerprint density at radius 3 is 3.00 bits per heavy atom. The van der Waals surface area contributed by atoms with Gasteiger partial charge in [-0.3, -0.25) is 9.69 Å². The summed E-state index contributed by atoms with van der Waals surface area (Å²) >= 11 is 8.23. The zero-order valence-corrected chi connectivity index (χ0v) is 12.4. The van der Waals surface area contributed by atoms with E-state index in [-0.39, 0.29) is 11.9 Å². The Kier molecular flexibility index (Phi) is 2.98. The highest BCUT2D eigenvalue weighted by Gasteiger charge is 2.43. The number of benzene rings is 1. The Labute approximate surface area is 126 Å². The number of likely N-dealkylation sites (tertiary alicyclic amines) is 1. The van der Waals surface area contributed by atoms with Gasteiger partial charge in [0.2, 0.25) is 0 Å². The minimum absolute atomic E-state index is 0.0278. The van der Waals surface area contributed by atoms with Crippen LogP contribution in [-0.2, 0) is 16.1 Å². The van der Waals surface area contributed by atoms with Crippen molar-refractivity contribution in [3.63, 3.8) is 0 Å². The number of fused-ring (bicyclic) bond motifs is 2. The Morgan fingerprint density at radius 2 is 2.20 bits per heavy atom. The number of rotatable bonds is 2. The van der Waals surface area contributed by atoms with Crippen molar-refractivity contribution in [2.24, 2.45) is 11.8 Å². The van der Waals surface area contributed by atoms with Crippen molar-refractivity contribution in [1.82, 2.24) is 4.90 Å². The van der Waals surface area contributed by atoms with Gasteiger partial charge in [-0.15, -0.1) is 11.3 Å². The molecule has 20 heavy (non-hydrogen) atoms. The van der Waals surface area contributed by atoms with Crippen LogP contribution in [0.25, 0.3) is 10.1 Å². The second-order valence-corrected chi connectivity index (χ2v) is 7.04. The first-order valence-corrected chi connectivity index (χ1v) is 7.96. The quantitative estimate of drug-likeness (QED) is 0.798. The van der Waals surface area contributed by atoms with Crippen LogP contribution in [0.5, 0.6) is 0 Å². The number of carbonyl (C=O) groups is 1. The smallest absolute Gasteiger partial charge is 0.310 e. The molecule has 4 rings (SSSR count). The fourth-order valence-electron chi connectivity index (χ4n) is 3.19. The van der Waals surface area contributed by atoms with Crippen molar-refractivity contribution in [2.75, 3.05) is 19.7 Å². The Balaban J connectivity index is 1.57. The molecule has 2 atom stereocenters. The molecule has 3 heterocycles. The number of ether oxygens (including phenoxy) is 1. The maximum atomic E-state index is 11.6. The number of cyclic esters (lactones) is 1. The molecule has 2 aliphatic rings. The second kappa shape index (κ2) is 4.72. The van der Waals surface area contributed by atoms with E-state index in [1.54, 1.807) is 11.3 Å². The standard InChI is InChI=1S/C15H14ClNO2S/c16-14-10-3-1-2-4-12(10)20-13(14)7-17-5-9-8-19-15(18)11(9)6-17/h1-4,9,11H,5-8H2/t9-,11-/m1/s1. The molecule has 0 radical (unpaired) electrons. The van der Waals surface area contributed by atoms with Crippen molar-refractivity contribution in [3.8, 4) is 0 Å². The van der Waals surface area contributed by atoms with Gasteiger partial charge in [0.1, 0.15) is 0 Å². The summed E-state index contributed by atoms with van der Waals surface area (Å²) in [5.74, 6) is 0.416. The van der Waals surface area contributed by atoms with Crippen LogP contribution in [0.3, 0.4) is 0 Å². The van der Waals surface area contributed by atoms with E-state index in [1.165, 1.54) is 9.58 Å². The third kappa shape index (κ3) is 1.94. The lowest BCUT2D eigenvalue weighted by Crippen LogP contribution is -2.23. The molecule has 0 spiro atoms. The van der Waals surface area contributed by atoms with Gasteiger partial charge in [-0.1, -0.05) is 29.8 Å². The van der Waals surface area contributed by atoms with Crippen LogP contribution in [0.2, 0.25) is 5.02 Å². The van der Waals surface area contributed by atoms with E-state index in [4.69, 9.17) is 16.3 Å². The third-order valence-corrected chi connectivity index (χ3v) is 5.93. The summed E-state index contributed by atoms with van der Waals surface area (Å²) < 4.78 is 6.33. The highest BCUT2D eigenvalue weighted by atomic mass is 35.5. The van der Waals surface area contributed by atoms with Crippen LogP contribution in [0, 0.1) is 11.8 Å². The molecular weight excluding hydrogens is 294 g/mol. The molecule has 5 heteroatoms. The Hall–Kier alpha value is -1.10. The molecule has 104 valence electrons. The van der Waals surface area contributed by atoms with Crippen LogP contribution < -0.4 is 0 Å². The first kappa shape index (κ1) is 12.6. The van der Waals surface area contributed by atoms with Crippen molar-refractivity contribution in [1.29, 1.82) is 0 Å². The molecule has 2 saturated heterocycles. The average Bonchev–Trinajstić information content (AvgIpc) is 3.08. The molecule has 0 bridgehead atoms. The number of esters is 1. The number of thiophene rings is 1. The fourth-order valence-corrected chi connectivity index (χ4v) is 4.73. The maximum Gasteiger partial charge on any atom is 0.310 e. The van der Waals surface area contributed by atoms with Gasteiger partial charge in [-0.25, -0.2) is 0 Å². The first-order chi connectivity index (χ1) is 9.72. The van der Waals surface area contributed by atoms with E-state index < -0.39 is 0 Å². The summed E-state index contributed by atoms with van der Waals surface area (Å²) in [6, 6.07) is 8.22. The highest BCUT2D eigenvalue weighted by Crippen LogP contribution is 2.38. The SMILES string of the molecule is O=C1OC[C@H]2CN(Cc3sc4ccccc4c3Cl)C[C@@H]12. The lowest BCUT2D eigenvalue weighted by Gasteiger charge is -2.15. The monoisotopic (exact) mass is 307 g/mol. The molecule has 1 aromatic carbocycles. The zero-order chi connectivity index (χ0) is 13.7. The molecule has 0 saturated carbocycles. The zero-order valence-electron chi connectivity index (χ0n) is 10.8. The van der Waals surface area contributed by atoms with E-state index in [2.05, 4.69) is 17.0 Å². The first-order valence-electron chi connectivity index (χ1n) is 6.77. The average molecular weight is 308 g/mol. The maximum absolute atomic E-state index is 11.6. The minimum atomic E-state index is -0.0278. The molecule has 2 aliphatic heterocycles.